The van der Waals surface area contributed by atoms with Gasteiger partial charge in [-0.05, 0) is 17.5 Å². The van der Waals surface area contributed by atoms with Crippen LogP contribution in [-0.4, -0.2) is 9.91 Å². The normalized spacial score (nSPS) is 11.7. The van der Waals surface area contributed by atoms with E-state index in [1.165, 1.54) is 6.08 Å². The Morgan fingerprint density at radius 3 is 2.71 bits per heavy atom. The van der Waals surface area contributed by atoms with E-state index in [0.29, 0.717) is 5.92 Å². The van der Waals surface area contributed by atoms with E-state index in [1.54, 1.807) is 0 Å². The lowest BCUT2D eigenvalue weighted by Crippen LogP contribution is -1.90. The number of hydrogen-bond donors (Lipinski definition) is 1. The quantitative estimate of drug-likeness (QED) is 0.647. The molecule has 0 aliphatic rings. The third-order valence-corrected chi connectivity index (χ3v) is 2.72. The average Bonchev–Trinajstić information content (AvgIpc) is 2.64. The van der Waals surface area contributed by atoms with E-state index in [0.717, 1.165) is 28.4 Å². The van der Waals surface area contributed by atoms with E-state index >= 15 is 0 Å². The van der Waals surface area contributed by atoms with Crippen LogP contribution >= 0.6 is 0 Å². The molecule has 0 saturated carbocycles. The zero-order chi connectivity index (χ0) is 12.4. The molecule has 0 amide bonds. The largest absolute Gasteiger partial charge is 0.355 e. The molecule has 0 saturated heterocycles. The van der Waals surface area contributed by atoms with Crippen molar-refractivity contribution in [2.24, 2.45) is 0 Å². The molecule has 4 nitrogen and oxygen atoms in total. The number of H-pyrrole nitrogens is 1. The monoisotopic (exact) mass is 230 g/mol. The SMILES string of the molecule is CC(C)c1c(C=C[N+](=O)[O-])[nH]c2ccccc12. The molecule has 1 N–H and O–H groups in total. The van der Waals surface area contributed by atoms with Gasteiger partial charge in [0.25, 0.3) is 0 Å². The molecule has 1 aromatic heterocycles. The van der Waals surface area contributed by atoms with E-state index in [2.05, 4.69) is 18.8 Å². The van der Waals surface area contributed by atoms with Crippen LogP contribution in [0.3, 0.4) is 0 Å². The van der Waals surface area contributed by atoms with Crippen molar-refractivity contribution in [1.82, 2.24) is 4.98 Å². The zero-order valence-electron chi connectivity index (χ0n) is 9.81. The Morgan fingerprint density at radius 1 is 1.35 bits per heavy atom. The molecule has 2 rings (SSSR count). The summed E-state index contributed by atoms with van der Waals surface area (Å²) in [5, 5.41) is 11.5. The average molecular weight is 230 g/mol. The zero-order valence-corrected chi connectivity index (χ0v) is 9.81. The molecular formula is C13H14N2O2. The van der Waals surface area contributed by atoms with Crippen LogP contribution in [0.25, 0.3) is 17.0 Å². The number of nitro groups is 1. The summed E-state index contributed by atoms with van der Waals surface area (Å²) in [5.74, 6) is 0.317. The van der Waals surface area contributed by atoms with Gasteiger partial charge in [-0.2, -0.15) is 0 Å². The Labute approximate surface area is 99.1 Å². The van der Waals surface area contributed by atoms with Crippen LogP contribution in [0.5, 0.6) is 0 Å². The fraction of sp³-hybridized carbons (Fsp3) is 0.231. The summed E-state index contributed by atoms with van der Waals surface area (Å²) < 4.78 is 0. The highest BCUT2D eigenvalue weighted by atomic mass is 16.6. The van der Waals surface area contributed by atoms with Gasteiger partial charge in [0.05, 0.1) is 4.92 Å². The predicted molar refractivity (Wildman–Crippen MR) is 68.4 cm³/mol. The first-order valence-electron chi connectivity index (χ1n) is 5.52. The number of aromatic nitrogens is 1. The van der Waals surface area contributed by atoms with Crippen molar-refractivity contribution in [2.75, 3.05) is 0 Å². The topological polar surface area (TPSA) is 58.9 Å². The van der Waals surface area contributed by atoms with Crippen molar-refractivity contribution in [3.63, 3.8) is 0 Å². The Balaban J connectivity index is 2.61. The Bertz CT molecular complexity index is 582. The number of benzene rings is 1. The highest BCUT2D eigenvalue weighted by Gasteiger charge is 2.12. The third kappa shape index (κ3) is 2.20. The molecule has 0 atom stereocenters. The van der Waals surface area contributed by atoms with Gasteiger partial charge in [0, 0.05) is 22.7 Å². The molecular weight excluding hydrogens is 216 g/mol. The van der Waals surface area contributed by atoms with Gasteiger partial charge in [0.2, 0.25) is 6.20 Å². The number of para-hydroxylation sites is 1. The summed E-state index contributed by atoms with van der Waals surface area (Å²) >= 11 is 0. The van der Waals surface area contributed by atoms with Gasteiger partial charge < -0.3 is 4.98 Å². The lowest BCUT2D eigenvalue weighted by atomic mass is 9.99. The van der Waals surface area contributed by atoms with Gasteiger partial charge in [-0.15, -0.1) is 0 Å². The summed E-state index contributed by atoms with van der Waals surface area (Å²) in [6.45, 7) is 4.16. The summed E-state index contributed by atoms with van der Waals surface area (Å²) in [6, 6.07) is 7.93. The molecule has 17 heavy (non-hydrogen) atoms. The van der Waals surface area contributed by atoms with E-state index in [9.17, 15) is 10.1 Å². The number of nitrogens with one attached hydrogen (secondary N) is 1. The molecule has 0 unspecified atom stereocenters. The maximum absolute atomic E-state index is 10.4. The molecule has 0 aliphatic carbocycles. The van der Waals surface area contributed by atoms with Crippen LogP contribution in [0, 0.1) is 10.1 Å². The third-order valence-electron chi connectivity index (χ3n) is 2.72. The lowest BCUT2D eigenvalue weighted by Gasteiger charge is -2.04. The second kappa shape index (κ2) is 4.41. The molecule has 88 valence electrons. The van der Waals surface area contributed by atoms with Crippen molar-refractivity contribution in [3.8, 4) is 0 Å². The minimum Gasteiger partial charge on any atom is -0.355 e. The summed E-state index contributed by atoms with van der Waals surface area (Å²) in [7, 11) is 0. The van der Waals surface area contributed by atoms with Crippen LogP contribution < -0.4 is 0 Å². The van der Waals surface area contributed by atoms with E-state index < -0.39 is 4.92 Å². The molecule has 0 spiro atoms. The minimum absolute atomic E-state index is 0.317. The second-order valence-electron chi connectivity index (χ2n) is 4.25. The lowest BCUT2D eigenvalue weighted by molar-refractivity contribution is -0.401. The summed E-state index contributed by atoms with van der Waals surface area (Å²) in [5.41, 5.74) is 2.95. The summed E-state index contributed by atoms with van der Waals surface area (Å²) in [4.78, 5) is 13.1. The Kier molecular flexibility index (Phi) is 2.95. The first-order chi connectivity index (χ1) is 8.09. The number of rotatable bonds is 3. The second-order valence-corrected chi connectivity index (χ2v) is 4.25. The van der Waals surface area contributed by atoms with Crippen LogP contribution in [0.4, 0.5) is 0 Å². The maximum Gasteiger partial charge on any atom is 0.236 e. The number of nitrogens with zero attached hydrogens (tertiary/aromatic N) is 1. The Hall–Kier alpha value is -2.10. The van der Waals surface area contributed by atoms with Gasteiger partial charge in [-0.25, -0.2) is 0 Å². The number of hydrogen-bond acceptors (Lipinski definition) is 2. The standard InChI is InChI=1S/C13H14N2O2/c1-9(2)13-10-5-3-4-6-11(10)14-12(13)7-8-15(16)17/h3-9,14H,1-2H3. The van der Waals surface area contributed by atoms with Crippen LogP contribution in [0.1, 0.15) is 31.0 Å². The fourth-order valence-corrected chi connectivity index (χ4v) is 2.07. The summed E-state index contributed by atoms with van der Waals surface area (Å²) in [6.07, 6.45) is 2.49. The first kappa shape index (κ1) is 11.4. The fourth-order valence-electron chi connectivity index (χ4n) is 2.07. The number of fused-ring (bicyclic) bond motifs is 1. The van der Waals surface area contributed by atoms with Crippen LogP contribution in [0.2, 0.25) is 0 Å². The van der Waals surface area contributed by atoms with Crippen molar-refractivity contribution in [1.29, 1.82) is 0 Å². The molecule has 1 heterocycles. The van der Waals surface area contributed by atoms with Gasteiger partial charge >= 0.3 is 0 Å². The molecule has 2 aromatic rings. The van der Waals surface area contributed by atoms with Gasteiger partial charge in [-0.3, -0.25) is 10.1 Å². The van der Waals surface area contributed by atoms with Crippen molar-refractivity contribution in [2.45, 2.75) is 19.8 Å². The molecule has 0 fully saturated rings. The van der Waals surface area contributed by atoms with Gasteiger partial charge in [0.1, 0.15) is 0 Å². The molecule has 1 aromatic carbocycles. The molecule has 0 radical (unpaired) electrons. The van der Waals surface area contributed by atoms with Crippen molar-refractivity contribution < 1.29 is 4.92 Å². The highest BCUT2D eigenvalue weighted by molar-refractivity contribution is 5.87. The smallest absolute Gasteiger partial charge is 0.236 e. The molecule has 4 heteroatoms. The van der Waals surface area contributed by atoms with Crippen molar-refractivity contribution in [3.05, 3.63) is 51.8 Å². The van der Waals surface area contributed by atoms with Crippen LogP contribution in [-0.2, 0) is 0 Å². The molecule has 0 aliphatic heterocycles. The van der Waals surface area contributed by atoms with Gasteiger partial charge in [-0.1, -0.05) is 32.0 Å². The van der Waals surface area contributed by atoms with Crippen molar-refractivity contribution >= 4 is 17.0 Å². The first-order valence-corrected chi connectivity index (χ1v) is 5.52. The molecule has 0 bridgehead atoms. The van der Waals surface area contributed by atoms with Gasteiger partial charge in [0.15, 0.2) is 0 Å². The van der Waals surface area contributed by atoms with E-state index in [1.807, 2.05) is 24.3 Å². The predicted octanol–water partition coefficient (Wildman–Crippen LogP) is 3.54. The van der Waals surface area contributed by atoms with E-state index in [-0.39, 0.29) is 0 Å². The number of aromatic amines is 1. The van der Waals surface area contributed by atoms with Crippen LogP contribution in [0.15, 0.2) is 30.5 Å². The minimum atomic E-state index is -0.449. The highest BCUT2D eigenvalue weighted by Crippen LogP contribution is 2.29. The van der Waals surface area contributed by atoms with E-state index in [4.69, 9.17) is 0 Å². The Morgan fingerprint density at radius 2 is 2.06 bits per heavy atom. The maximum atomic E-state index is 10.4.